The maximum atomic E-state index is 14.2. The van der Waals surface area contributed by atoms with Crippen LogP contribution in [0.15, 0.2) is 18.2 Å². The minimum Gasteiger partial charge on any atom is -0.319 e. The lowest BCUT2D eigenvalue weighted by Crippen LogP contribution is -2.15. The standard InChI is InChI=1S/C16H17F2NS/c1-9-6-7-11(17)14(15(9)18)16(19)13-8-10-4-2-3-5-12(10)20-13/h6-8,16H,2-5,19H2,1H3. The van der Waals surface area contributed by atoms with Gasteiger partial charge in [-0.1, -0.05) is 6.07 Å². The van der Waals surface area contributed by atoms with Gasteiger partial charge in [0.25, 0.3) is 0 Å². The van der Waals surface area contributed by atoms with Crippen LogP contribution in [0, 0.1) is 18.6 Å². The molecule has 1 atom stereocenters. The number of fused-ring (bicyclic) bond motifs is 1. The smallest absolute Gasteiger partial charge is 0.134 e. The molecule has 1 heterocycles. The summed E-state index contributed by atoms with van der Waals surface area (Å²) >= 11 is 1.60. The quantitative estimate of drug-likeness (QED) is 0.879. The first kappa shape index (κ1) is 13.7. The highest BCUT2D eigenvalue weighted by atomic mass is 32.1. The fourth-order valence-electron chi connectivity index (χ4n) is 2.77. The molecule has 0 saturated carbocycles. The Morgan fingerprint density at radius 3 is 2.70 bits per heavy atom. The lowest BCUT2D eigenvalue weighted by atomic mass is 9.97. The Labute approximate surface area is 121 Å². The third-order valence-corrected chi connectivity index (χ3v) is 5.27. The first-order valence-corrected chi connectivity index (χ1v) is 7.71. The van der Waals surface area contributed by atoms with Crippen molar-refractivity contribution in [1.82, 2.24) is 0 Å². The van der Waals surface area contributed by atoms with Gasteiger partial charge in [-0.2, -0.15) is 0 Å². The van der Waals surface area contributed by atoms with E-state index < -0.39 is 17.7 Å². The lowest BCUT2D eigenvalue weighted by Gasteiger charge is -2.13. The first-order chi connectivity index (χ1) is 9.58. The summed E-state index contributed by atoms with van der Waals surface area (Å²) in [5.41, 5.74) is 7.85. The van der Waals surface area contributed by atoms with Crippen LogP contribution in [0.5, 0.6) is 0 Å². The fraction of sp³-hybridized carbons (Fsp3) is 0.375. The molecule has 0 fully saturated rings. The molecule has 0 aliphatic heterocycles. The minimum absolute atomic E-state index is 0.0106. The van der Waals surface area contributed by atoms with Crippen LogP contribution in [0.3, 0.4) is 0 Å². The summed E-state index contributed by atoms with van der Waals surface area (Å²) in [6.45, 7) is 1.63. The number of hydrogen-bond acceptors (Lipinski definition) is 2. The normalized spacial score (nSPS) is 16.0. The van der Waals surface area contributed by atoms with Crippen molar-refractivity contribution in [1.29, 1.82) is 0 Å². The average Bonchev–Trinajstić information content (AvgIpc) is 2.87. The van der Waals surface area contributed by atoms with Crippen LogP contribution >= 0.6 is 11.3 Å². The average molecular weight is 293 g/mol. The maximum Gasteiger partial charge on any atom is 0.134 e. The molecule has 1 aliphatic carbocycles. The highest BCUT2D eigenvalue weighted by Crippen LogP contribution is 2.36. The molecule has 0 saturated heterocycles. The molecular formula is C16H17F2NS. The van der Waals surface area contributed by atoms with Crippen LogP contribution in [0.2, 0.25) is 0 Å². The van der Waals surface area contributed by atoms with Crippen LogP contribution < -0.4 is 5.73 Å². The Bertz CT molecular complexity index is 625. The zero-order valence-corrected chi connectivity index (χ0v) is 12.2. The molecule has 1 aromatic carbocycles. The number of thiophene rings is 1. The molecule has 1 aliphatic rings. The number of nitrogens with two attached hydrogens (primary N) is 1. The van der Waals surface area contributed by atoms with Crippen molar-refractivity contribution < 1.29 is 8.78 Å². The summed E-state index contributed by atoms with van der Waals surface area (Å²) in [5.74, 6) is -1.09. The van der Waals surface area contributed by atoms with Gasteiger partial charge in [-0.05, 0) is 55.9 Å². The van der Waals surface area contributed by atoms with E-state index in [4.69, 9.17) is 5.73 Å². The molecule has 0 bridgehead atoms. The van der Waals surface area contributed by atoms with Crippen molar-refractivity contribution in [3.05, 3.63) is 56.3 Å². The van der Waals surface area contributed by atoms with Crippen molar-refractivity contribution in [2.75, 3.05) is 0 Å². The second-order valence-electron chi connectivity index (χ2n) is 5.37. The van der Waals surface area contributed by atoms with Gasteiger partial charge >= 0.3 is 0 Å². The second-order valence-corrected chi connectivity index (χ2v) is 6.54. The number of hydrogen-bond donors (Lipinski definition) is 1. The Kier molecular flexibility index (Phi) is 3.61. The molecular weight excluding hydrogens is 276 g/mol. The van der Waals surface area contributed by atoms with E-state index in [0.717, 1.165) is 17.7 Å². The zero-order chi connectivity index (χ0) is 14.3. The highest BCUT2D eigenvalue weighted by molar-refractivity contribution is 7.12. The van der Waals surface area contributed by atoms with Gasteiger partial charge < -0.3 is 5.73 Å². The third-order valence-electron chi connectivity index (χ3n) is 3.95. The summed E-state index contributed by atoms with van der Waals surface area (Å²) in [6, 6.07) is 4.05. The highest BCUT2D eigenvalue weighted by Gasteiger charge is 2.23. The van der Waals surface area contributed by atoms with Crippen molar-refractivity contribution in [2.45, 2.75) is 38.6 Å². The fourth-order valence-corrected chi connectivity index (χ4v) is 4.04. The van der Waals surface area contributed by atoms with E-state index in [0.29, 0.717) is 5.56 Å². The Morgan fingerprint density at radius 1 is 1.20 bits per heavy atom. The molecule has 2 N–H and O–H groups in total. The van der Waals surface area contributed by atoms with Gasteiger partial charge in [0.05, 0.1) is 6.04 Å². The molecule has 106 valence electrons. The third kappa shape index (κ3) is 2.27. The van der Waals surface area contributed by atoms with Gasteiger partial charge in [-0.15, -0.1) is 11.3 Å². The van der Waals surface area contributed by atoms with Crippen molar-refractivity contribution in [3.63, 3.8) is 0 Å². The van der Waals surface area contributed by atoms with Gasteiger partial charge in [0, 0.05) is 15.3 Å². The number of halogens is 2. The lowest BCUT2D eigenvalue weighted by molar-refractivity contribution is 0.539. The minimum atomic E-state index is -0.717. The molecule has 0 spiro atoms. The van der Waals surface area contributed by atoms with E-state index in [2.05, 4.69) is 0 Å². The summed E-state index contributed by atoms with van der Waals surface area (Å²) in [6.07, 6.45) is 4.49. The van der Waals surface area contributed by atoms with Crippen LogP contribution in [-0.2, 0) is 12.8 Å². The second kappa shape index (κ2) is 5.26. The van der Waals surface area contributed by atoms with E-state index in [1.54, 1.807) is 18.3 Å². The molecule has 0 radical (unpaired) electrons. The molecule has 2 aromatic rings. The molecule has 1 unspecified atom stereocenters. The molecule has 1 aromatic heterocycles. The van der Waals surface area contributed by atoms with Crippen LogP contribution in [0.1, 0.15) is 45.3 Å². The van der Waals surface area contributed by atoms with E-state index in [9.17, 15) is 8.78 Å². The van der Waals surface area contributed by atoms with E-state index in [-0.39, 0.29) is 5.56 Å². The van der Waals surface area contributed by atoms with Crippen molar-refractivity contribution in [3.8, 4) is 0 Å². The number of aryl methyl sites for hydroxylation is 3. The van der Waals surface area contributed by atoms with Crippen molar-refractivity contribution in [2.24, 2.45) is 5.73 Å². The predicted molar refractivity (Wildman–Crippen MR) is 78.1 cm³/mol. The van der Waals surface area contributed by atoms with Crippen LogP contribution in [0.4, 0.5) is 8.78 Å². The Morgan fingerprint density at radius 2 is 1.95 bits per heavy atom. The molecule has 3 rings (SSSR count). The van der Waals surface area contributed by atoms with Crippen molar-refractivity contribution >= 4 is 11.3 Å². The molecule has 20 heavy (non-hydrogen) atoms. The summed E-state index contributed by atoms with van der Waals surface area (Å²) in [5, 5.41) is 0. The number of rotatable bonds is 2. The van der Waals surface area contributed by atoms with Crippen LogP contribution in [0.25, 0.3) is 0 Å². The predicted octanol–water partition coefficient (Wildman–Crippen LogP) is 4.26. The van der Waals surface area contributed by atoms with Gasteiger partial charge in [-0.3, -0.25) is 0 Å². The monoisotopic (exact) mass is 293 g/mol. The van der Waals surface area contributed by atoms with Gasteiger partial charge in [0.15, 0.2) is 0 Å². The number of benzene rings is 1. The molecule has 1 nitrogen and oxygen atoms in total. The molecule has 0 amide bonds. The summed E-state index contributed by atoms with van der Waals surface area (Å²) in [7, 11) is 0. The van der Waals surface area contributed by atoms with Crippen LogP contribution in [-0.4, -0.2) is 0 Å². The molecule has 4 heteroatoms. The van der Waals surface area contributed by atoms with Gasteiger partial charge in [0.2, 0.25) is 0 Å². The van der Waals surface area contributed by atoms with E-state index in [1.807, 2.05) is 6.07 Å². The Hall–Kier alpha value is -1.26. The van der Waals surface area contributed by atoms with E-state index >= 15 is 0 Å². The summed E-state index contributed by atoms with van der Waals surface area (Å²) < 4.78 is 28.1. The van der Waals surface area contributed by atoms with E-state index in [1.165, 1.54) is 35.4 Å². The first-order valence-electron chi connectivity index (χ1n) is 6.89. The summed E-state index contributed by atoms with van der Waals surface area (Å²) in [4.78, 5) is 2.19. The maximum absolute atomic E-state index is 14.2. The topological polar surface area (TPSA) is 26.0 Å². The largest absolute Gasteiger partial charge is 0.319 e. The van der Waals surface area contributed by atoms with Gasteiger partial charge in [-0.25, -0.2) is 8.78 Å². The zero-order valence-electron chi connectivity index (χ0n) is 11.4. The Balaban J connectivity index is 2.02. The van der Waals surface area contributed by atoms with Gasteiger partial charge in [0.1, 0.15) is 11.6 Å². The SMILES string of the molecule is Cc1ccc(F)c(C(N)c2cc3c(s2)CCCC3)c1F.